The van der Waals surface area contributed by atoms with Gasteiger partial charge < -0.3 is 5.73 Å². The molecule has 0 aliphatic carbocycles. The Kier molecular flexibility index (Phi) is 3.67. The lowest BCUT2D eigenvalue weighted by Gasteiger charge is -2.22. The maximum atomic E-state index is 12.7. The predicted molar refractivity (Wildman–Crippen MR) is 80.2 cm³/mol. The van der Waals surface area contributed by atoms with Crippen molar-refractivity contribution in [2.24, 2.45) is 0 Å². The van der Waals surface area contributed by atoms with E-state index in [1.807, 2.05) is 13.0 Å². The van der Waals surface area contributed by atoms with Crippen LogP contribution in [0.4, 0.5) is 11.4 Å². The summed E-state index contributed by atoms with van der Waals surface area (Å²) in [5.41, 5.74) is 8.17. The predicted octanol–water partition coefficient (Wildman–Crippen LogP) is 2.11. The summed E-state index contributed by atoms with van der Waals surface area (Å²) < 4.78 is 26.7. The number of aromatic nitrogens is 1. The molecule has 0 amide bonds. The van der Waals surface area contributed by atoms with E-state index in [9.17, 15) is 8.42 Å². The molecule has 0 spiro atoms. The molecule has 0 bridgehead atoms. The Bertz CT molecular complexity index is 728. The van der Waals surface area contributed by atoms with Crippen LogP contribution in [-0.4, -0.2) is 20.4 Å². The van der Waals surface area contributed by atoms with Crippen LogP contribution in [0.15, 0.2) is 41.6 Å². The van der Waals surface area contributed by atoms with Crippen LogP contribution in [0.3, 0.4) is 0 Å². The fraction of sp³-hybridized carbons (Fsp3) is 0.214. The van der Waals surface area contributed by atoms with E-state index in [0.29, 0.717) is 11.3 Å². The Morgan fingerprint density at radius 1 is 1.20 bits per heavy atom. The van der Waals surface area contributed by atoms with Crippen molar-refractivity contribution < 1.29 is 8.42 Å². The van der Waals surface area contributed by atoms with Crippen molar-refractivity contribution >= 4 is 21.4 Å². The van der Waals surface area contributed by atoms with E-state index in [2.05, 4.69) is 4.98 Å². The number of nitrogen functional groups attached to an aromatic ring is 1. The molecule has 1 heterocycles. The average Bonchev–Trinajstić information content (AvgIpc) is 2.43. The molecule has 2 aromatic rings. The Labute approximate surface area is 119 Å². The highest BCUT2D eigenvalue weighted by Gasteiger charge is 2.26. The highest BCUT2D eigenvalue weighted by molar-refractivity contribution is 7.93. The average molecular weight is 291 g/mol. The molecule has 1 aromatic heterocycles. The molecule has 0 saturated heterocycles. The number of benzene rings is 1. The number of hydrogen-bond acceptors (Lipinski definition) is 4. The molecule has 6 heteroatoms. The molecule has 0 atom stereocenters. The molecule has 20 heavy (non-hydrogen) atoms. The lowest BCUT2D eigenvalue weighted by Crippen LogP contribution is -2.28. The maximum absolute atomic E-state index is 12.7. The van der Waals surface area contributed by atoms with E-state index < -0.39 is 10.0 Å². The van der Waals surface area contributed by atoms with E-state index in [1.54, 1.807) is 31.3 Å². The first-order valence-corrected chi connectivity index (χ1v) is 7.54. The van der Waals surface area contributed by atoms with Gasteiger partial charge in [0.1, 0.15) is 4.90 Å². The van der Waals surface area contributed by atoms with E-state index >= 15 is 0 Å². The number of pyridine rings is 1. The topological polar surface area (TPSA) is 76.3 Å². The zero-order valence-corrected chi connectivity index (χ0v) is 12.5. The summed E-state index contributed by atoms with van der Waals surface area (Å²) in [6.07, 6.45) is 3.09. The first-order valence-electron chi connectivity index (χ1n) is 6.10. The van der Waals surface area contributed by atoms with Crippen molar-refractivity contribution in [1.82, 2.24) is 4.98 Å². The third-order valence-electron chi connectivity index (χ3n) is 3.34. The van der Waals surface area contributed by atoms with Gasteiger partial charge in [-0.3, -0.25) is 9.29 Å². The van der Waals surface area contributed by atoms with Crippen LogP contribution in [-0.2, 0) is 10.0 Å². The molecule has 0 aliphatic heterocycles. The summed E-state index contributed by atoms with van der Waals surface area (Å²) >= 11 is 0. The molecular formula is C14H17N3O2S. The lowest BCUT2D eigenvalue weighted by molar-refractivity contribution is 0.594. The first-order chi connectivity index (χ1) is 9.35. The van der Waals surface area contributed by atoms with Gasteiger partial charge in [-0.25, -0.2) is 8.42 Å². The molecule has 2 rings (SSSR count). The van der Waals surface area contributed by atoms with Crippen LogP contribution in [0, 0.1) is 13.8 Å². The van der Waals surface area contributed by atoms with Crippen molar-refractivity contribution in [3.8, 4) is 0 Å². The minimum absolute atomic E-state index is 0.156. The number of sulfonamides is 1. The zero-order chi connectivity index (χ0) is 14.9. The molecule has 0 aliphatic rings. The van der Waals surface area contributed by atoms with Crippen LogP contribution in [0.5, 0.6) is 0 Å². The van der Waals surface area contributed by atoms with Gasteiger partial charge in [-0.1, -0.05) is 6.07 Å². The summed E-state index contributed by atoms with van der Waals surface area (Å²) in [5, 5.41) is 0. The second-order valence-corrected chi connectivity index (χ2v) is 6.52. The van der Waals surface area contributed by atoms with Gasteiger partial charge in [-0.05, 0) is 43.2 Å². The summed E-state index contributed by atoms with van der Waals surface area (Å²) in [6, 6.07) is 6.81. The summed E-state index contributed by atoms with van der Waals surface area (Å²) in [6.45, 7) is 3.62. The smallest absolute Gasteiger partial charge is 0.266 e. The lowest BCUT2D eigenvalue weighted by atomic mass is 10.1. The third kappa shape index (κ3) is 2.34. The minimum atomic E-state index is -3.71. The van der Waals surface area contributed by atoms with Gasteiger partial charge in [0, 0.05) is 13.2 Å². The van der Waals surface area contributed by atoms with Crippen LogP contribution in [0.2, 0.25) is 0 Å². The van der Waals surface area contributed by atoms with Gasteiger partial charge in [0.2, 0.25) is 0 Å². The van der Waals surface area contributed by atoms with Crippen molar-refractivity contribution in [3.05, 3.63) is 47.8 Å². The molecule has 0 fully saturated rings. The van der Waals surface area contributed by atoms with Crippen molar-refractivity contribution in [2.75, 3.05) is 17.1 Å². The molecule has 0 saturated carbocycles. The first kappa shape index (κ1) is 14.3. The van der Waals surface area contributed by atoms with Gasteiger partial charge in [-0.15, -0.1) is 0 Å². The molecule has 5 nitrogen and oxygen atoms in total. The molecule has 0 unspecified atom stereocenters. The second-order valence-electron chi connectivity index (χ2n) is 4.61. The van der Waals surface area contributed by atoms with Crippen LogP contribution in [0.1, 0.15) is 11.1 Å². The highest BCUT2D eigenvalue weighted by Crippen LogP contribution is 2.29. The van der Waals surface area contributed by atoms with E-state index in [4.69, 9.17) is 5.73 Å². The Balaban J connectivity index is 2.60. The largest absolute Gasteiger partial charge is 0.398 e. The summed E-state index contributed by atoms with van der Waals surface area (Å²) in [4.78, 5) is 4.09. The number of aryl methyl sites for hydroxylation is 1. The SMILES string of the molecule is Cc1ccc(N)c(S(=O)(=O)N(C)c2cccnc2)c1C. The van der Waals surface area contributed by atoms with Gasteiger partial charge in [-0.2, -0.15) is 0 Å². The number of nitrogens with two attached hydrogens (primary N) is 1. The van der Waals surface area contributed by atoms with E-state index in [0.717, 1.165) is 5.56 Å². The van der Waals surface area contributed by atoms with Crippen molar-refractivity contribution in [3.63, 3.8) is 0 Å². The van der Waals surface area contributed by atoms with Crippen molar-refractivity contribution in [1.29, 1.82) is 0 Å². The Morgan fingerprint density at radius 3 is 2.50 bits per heavy atom. The van der Waals surface area contributed by atoms with E-state index in [-0.39, 0.29) is 10.6 Å². The number of anilines is 2. The number of nitrogens with zero attached hydrogens (tertiary/aromatic N) is 2. The monoisotopic (exact) mass is 291 g/mol. The molecule has 0 radical (unpaired) electrons. The highest BCUT2D eigenvalue weighted by atomic mass is 32.2. The zero-order valence-electron chi connectivity index (χ0n) is 11.7. The summed E-state index contributed by atoms with van der Waals surface area (Å²) in [5.74, 6) is 0. The van der Waals surface area contributed by atoms with Gasteiger partial charge in [0.25, 0.3) is 10.0 Å². The third-order valence-corrected chi connectivity index (χ3v) is 5.32. The Hall–Kier alpha value is -2.08. The minimum Gasteiger partial charge on any atom is -0.398 e. The fourth-order valence-electron chi connectivity index (χ4n) is 1.97. The molecule has 1 aromatic carbocycles. The molecular weight excluding hydrogens is 274 g/mol. The van der Waals surface area contributed by atoms with Gasteiger partial charge in [0.05, 0.1) is 17.6 Å². The van der Waals surface area contributed by atoms with Crippen LogP contribution >= 0.6 is 0 Å². The van der Waals surface area contributed by atoms with Crippen molar-refractivity contribution in [2.45, 2.75) is 18.7 Å². The molecule has 2 N–H and O–H groups in total. The molecule has 106 valence electrons. The second kappa shape index (κ2) is 5.13. The normalized spacial score (nSPS) is 11.3. The number of hydrogen-bond donors (Lipinski definition) is 1. The quantitative estimate of drug-likeness (QED) is 0.879. The standard InChI is InChI=1S/C14H17N3O2S/c1-10-6-7-13(15)14(11(10)2)20(18,19)17(3)12-5-4-8-16-9-12/h4-9H,15H2,1-3H3. The van der Waals surface area contributed by atoms with Crippen LogP contribution in [0.25, 0.3) is 0 Å². The number of rotatable bonds is 3. The van der Waals surface area contributed by atoms with Gasteiger partial charge >= 0.3 is 0 Å². The maximum Gasteiger partial charge on any atom is 0.266 e. The van der Waals surface area contributed by atoms with Gasteiger partial charge in [0.15, 0.2) is 0 Å². The summed E-state index contributed by atoms with van der Waals surface area (Å²) in [7, 11) is -2.21. The van der Waals surface area contributed by atoms with E-state index in [1.165, 1.54) is 17.5 Å². The van der Waals surface area contributed by atoms with Crippen LogP contribution < -0.4 is 10.0 Å². The Morgan fingerprint density at radius 2 is 1.90 bits per heavy atom. The fourth-order valence-corrected chi connectivity index (χ4v) is 3.54.